The highest BCUT2D eigenvalue weighted by molar-refractivity contribution is 6.03. The first kappa shape index (κ1) is 12.6. The number of carbonyl (C=O) groups is 1. The number of aromatic nitrogens is 2. The molecule has 19 heavy (non-hydrogen) atoms. The molecular weight excluding hydrogens is 257 g/mol. The number of hydrogen-bond donors (Lipinski definition) is 4. The number of rotatable bonds is 2. The molecule has 0 saturated carbocycles. The van der Waals surface area contributed by atoms with E-state index >= 15 is 0 Å². The molecule has 0 fully saturated rings. The average molecular weight is 265 g/mol. The Hall–Kier alpha value is -2.90. The van der Waals surface area contributed by atoms with Crippen LogP contribution in [0.15, 0.2) is 34.0 Å². The fourth-order valence-corrected chi connectivity index (χ4v) is 1.36. The third-order valence-electron chi connectivity index (χ3n) is 2.27. The van der Waals surface area contributed by atoms with E-state index in [0.29, 0.717) is 0 Å². The van der Waals surface area contributed by atoms with Crippen molar-refractivity contribution >= 4 is 11.6 Å². The number of phenols is 1. The van der Waals surface area contributed by atoms with Crippen LogP contribution in [0.25, 0.3) is 0 Å². The minimum atomic E-state index is -0.909. The topological polar surface area (TPSA) is 115 Å². The van der Waals surface area contributed by atoms with Crippen molar-refractivity contribution in [2.75, 3.05) is 5.32 Å². The van der Waals surface area contributed by atoms with Gasteiger partial charge >= 0.3 is 5.69 Å². The summed E-state index contributed by atoms with van der Waals surface area (Å²) < 4.78 is 13.0. The van der Waals surface area contributed by atoms with Crippen LogP contribution in [0.2, 0.25) is 0 Å². The number of aromatic hydroxyl groups is 1. The lowest BCUT2D eigenvalue weighted by Gasteiger charge is -2.05. The van der Waals surface area contributed by atoms with Crippen molar-refractivity contribution in [2.45, 2.75) is 0 Å². The van der Waals surface area contributed by atoms with E-state index in [4.69, 9.17) is 5.11 Å². The molecule has 98 valence electrons. The lowest BCUT2D eigenvalue weighted by Crippen LogP contribution is -2.29. The van der Waals surface area contributed by atoms with Gasteiger partial charge < -0.3 is 15.4 Å². The van der Waals surface area contributed by atoms with Gasteiger partial charge in [-0.05, 0) is 12.1 Å². The Morgan fingerprint density at radius 2 is 2.05 bits per heavy atom. The van der Waals surface area contributed by atoms with E-state index in [0.717, 1.165) is 18.3 Å². The van der Waals surface area contributed by atoms with Gasteiger partial charge in [-0.25, -0.2) is 9.18 Å². The van der Waals surface area contributed by atoms with Crippen LogP contribution in [0.3, 0.4) is 0 Å². The predicted molar refractivity (Wildman–Crippen MR) is 63.7 cm³/mol. The number of phenolic OH excluding ortho intramolecular Hbond substituents is 1. The molecule has 2 aromatic rings. The summed E-state index contributed by atoms with van der Waals surface area (Å²) in [7, 11) is 0. The van der Waals surface area contributed by atoms with E-state index in [1.54, 1.807) is 0 Å². The lowest BCUT2D eigenvalue weighted by molar-refractivity contribution is 0.102. The second-order valence-corrected chi connectivity index (χ2v) is 3.61. The first-order valence-electron chi connectivity index (χ1n) is 5.09. The molecule has 0 radical (unpaired) electrons. The highest BCUT2D eigenvalue weighted by Gasteiger charge is 2.12. The van der Waals surface area contributed by atoms with Gasteiger partial charge in [-0.1, -0.05) is 0 Å². The standard InChI is InChI=1S/C11H8FN3O4/c12-7-3-5(1-2-8(7)16)14-9(17)6-4-13-11(19)15-10(6)18/h1-4,16H,(H,14,17)(H2,13,15,18,19). The zero-order valence-corrected chi connectivity index (χ0v) is 9.36. The van der Waals surface area contributed by atoms with Gasteiger partial charge in [0.1, 0.15) is 5.56 Å². The third kappa shape index (κ3) is 2.68. The van der Waals surface area contributed by atoms with E-state index in [1.807, 2.05) is 4.98 Å². The third-order valence-corrected chi connectivity index (χ3v) is 2.27. The maximum atomic E-state index is 13.0. The molecule has 0 spiro atoms. The Kier molecular flexibility index (Phi) is 3.15. The molecule has 7 nitrogen and oxygen atoms in total. The Balaban J connectivity index is 2.28. The van der Waals surface area contributed by atoms with Crippen molar-refractivity contribution in [3.8, 4) is 5.75 Å². The molecule has 1 aromatic carbocycles. The maximum Gasteiger partial charge on any atom is 0.325 e. The molecule has 1 heterocycles. The largest absolute Gasteiger partial charge is 0.505 e. The summed E-state index contributed by atoms with van der Waals surface area (Å²) in [5.74, 6) is -2.28. The first-order chi connectivity index (χ1) is 8.97. The summed E-state index contributed by atoms with van der Waals surface area (Å²) >= 11 is 0. The summed E-state index contributed by atoms with van der Waals surface area (Å²) in [4.78, 5) is 37.9. The number of halogens is 1. The van der Waals surface area contributed by atoms with Crippen LogP contribution < -0.4 is 16.6 Å². The summed E-state index contributed by atoms with van der Waals surface area (Å²) in [6, 6.07) is 3.21. The summed E-state index contributed by atoms with van der Waals surface area (Å²) in [6.45, 7) is 0. The summed E-state index contributed by atoms with van der Waals surface area (Å²) in [6.07, 6.45) is 0.952. The van der Waals surface area contributed by atoms with Gasteiger partial charge in [0.2, 0.25) is 0 Å². The van der Waals surface area contributed by atoms with Crippen LogP contribution in [-0.4, -0.2) is 21.0 Å². The van der Waals surface area contributed by atoms with Gasteiger partial charge in [-0.3, -0.25) is 14.6 Å². The Labute approximate surface area is 104 Å². The minimum Gasteiger partial charge on any atom is -0.505 e. The number of carbonyl (C=O) groups excluding carboxylic acids is 1. The molecule has 0 aliphatic carbocycles. The number of H-pyrrole nitrogens is 2. The molecule has 1 amide bonds. The van der Waals surface area contributed by atoms with Gasteiger partial charge in [0.15, 0.2) is 11.6 Å². The van der Waals surface area contributed by atoms with Crippen molar-refractivity contribution in [2.24, 2.45) is 0 Å². The molecule has 0 unspecified atom stereocenters. The normalized spacial score (nSPS) is 10.2. The molecule has 2 rings (SSSR count). The van der Waals surface area contributed by atoms with Crippen molar-refractivity contribution in [3.63, 3.8) is 0 Å². The van der Waals surface area contributed by atoms with Crippen molar-refractivity contribution in [1.82, 2.24) is 9.97 Å². The van der Waals surface area contributed by atoms with Crippen LogP contribution >= 0.6 is 0 Å². The van der Waals surface area contributed by atoms with Crippen molar-refractivity contribution in [1.29, 1.82) is 0 Å². The number of anilines is 1. The highest BCUT2D eigenvalue weighted by atomic mass is 19.1. The van der Waals surface area contributed by atoms with E-state index in [1.165, 1.54) is 6.07 Å². The SMILES string of the molecule is O=C(Nc1ccc(O)c(F)c1)c1c[nH]c(=O)[nH]c1=O. The fraction of sp³-hybridized carbons (Fsp3) is 0. The number of nitrogens with one attached hydrogen (secondary N) is 3. The van der Waals surface area contributed by atoms with Gasteiger partial charge in [0.05, 0.1) is 0 Å². The Bertz CT molecular complexity index is 750. The van der Waals surface area contributed by atoms with E-state index in [-0.39, 0.29) is 11.3 Å². The van der Waals surface area contributed by atoms with Gasteiger partial charge in [0, 0.05) is 18.0 Å². The molecule has 0 aliphatic heterocycles. The summed E-state index contributed by atoms with van der Waals surface area (Å²) in [5, 5.41) is 11.2. The molecule has 0 atom stereocenters. The van der Waals surface area contributed by atoms with E-state index in [9.17, 15) is 18.8 Å². The molecule has 0 saturated heterocycles. The quantitative estimate of drug-likeness (QED) is 0.579. The molecule has 8 heteroatoms. The number of amides is 1. The Morgan fingerprint density at radius 1 is 1.32 bits per heavy atom. The van der Waals surface area contributed by atoms with Crippen LogP contribution in [0, 0.1) is 5.82 Å². The van der Waals surface area contributed by atoms with E-state index < -0.39 is 28.7 Å². The molecular formula is C11H8FN3O4. The van der Waals surface area contributed by atoms with Crippen LogP contribution in [-0.2, 0) is 0 Å². The van der Waals surface area contributed by atoms with Crippen molar-refractivity contribution in [3.05, 3.63) is 56.6 Å². The molecule has 1 aromatic heterocycles. The monoisotopic (exact) mass is 265 g/mol. The lowest BCUT2D eigenvalue weighted by atomic mass is 10.2. The van der Waals surface area contributed by atoms with Gasteiger partial charge in [-0.2, -0.15) is 0 Å². The average Bonchev–Trinajstić information content (AvgIpc) is 2.33. The minimum absolute atomic E-state index is 0.0610. The number of benzene rings is 1. The highest BCUT2D eigenvalue weighted by Crippen LogP contribution is 2.19. The van der Waals surface area contributed by atoms with Crippen LogP contribution in [0.1, 0.15) is 10.4 Å². The maximum absolute atomic E-state index is 13.0. The second-order valence-electron chi connectivity index (χ2n) is 3.61. The molecule has 0 bridgehead atoms. The number of aromatic amines is 2. The zero-order valence-electron chi connectivity index (χ0n) is 9.36. The predicted octanol–water partition coefficient (Wildman–Crippen LogP) is 0.160. The van der Waals surface area contributed by atoms with Crippen LogP contribution in [0.4, 0.5) is 10.1 Å². The van der Waals surface area contributed by atoms with Crippen molar-refractivity contribution < 1.29 is 14.3 Å². The second kappa shape index (κ2) is 4.77. The molecule has 4 N–H and O–H groups in total. The number of hydrogen-bond acceptors (Lipinski definition) is 4. The van der Waals surface area contributed by atoms with Gasteiger partial charge in [-0.15, -0.1) is 0 Å². The summed E-state index contributed by atoms with van der Waals surface area (Å²) in [5.41, 5.74) is -1.86. The molecule has 0 aliphatic rings. The smallest absolute Gasteiger partial charge is 0.325 e. The van der Waals surface area contributed by atoms with Crippen LogP contribution in [0.5, 0.6) is 5.75 Å². The first-order valence-corrected chi connectivity index (χ1v) is 5.09. The van der Waals surface area contributed by atoms with E-state index in [2.05, 4.69) is 10.3 Å². The Morgan fingerprint density at radius 3 is 2.68 bits per heavy atom. The fourth-order valence-electron chi connectivity index (χ4n) is 1.36. The zero-order chi connectivity index (χ0) is 14.0. The van der Waals surface area contributed by atoms with Gasteiger partial charge in [0.25, 0.3) is 11.5 Å².